The lowest BCUT2D eigenvalue weighted by Crippen LogP contribution is -2.17. The molecule has 0 radical (unpaired) electrons. The molecule has 0 aliphatic heterocycles. The van der Waals surface area contributed by atoms with Crippen molar-refractivity contribution in [1.82, 2.24) is 0 Å². The van der Waals surface area contributed by atoms with Gasteiger partial charge in [-0.2, -0.15) is 0 Å². The van der Waals surface area contributed by atoms with Crippen LogP contribution >= 0.6 is 0 Å². The van der Waals surface area contributed by atoms with Crippen LogP contribution in [-0.2, 0) is 16.3 Å². The monoisotopic (exact) mass is 253 g/mol. The number of rotatable bonds is 4. The van der Waals surface area contributed by atoms with E-state index in [1.807, 2.05) is 12.1 Å². The number of nitrogens with two attached hydrogens (primary N) is 1. The van der Waals surface area contributed by atoms with E-state index in [-0.39, 0.29) is 23.0 Å². The standard InChI is InChI=1S/C13H19NO2S/c1-3-9-5-7-10(8-6-9)11-12(14)13(11)17(15,16)4-2/h5-8,11-13H,3-4,14H2,1-2H3/t11-,12-,13+/m0/s1. The number of hydrogen-bond donors (Lipinski definition) is 1. The third-order valence-electron chi connectivity index (χ3n) is 3.60. The Labute approximate surface area is 103 Å². The maximum Gasteiger partial charge on any atom is 0.155 e. The summed E-state index contributed by atoms with van der Waals surface area (Å²) >= 11 is 0. The molecule has 0 bridgehead atoms. The average molecular weight is 253 g/mol. The molecule has 0 spiro atoms. The average Bonchev–Trinajstić information content (AvgIpc) is 3.02. The number of benzene rings is 1. The van der Waals surface area contributed by atoms with Crippen LogP contribution in [0.3, 0.4) is 0 Å². The van der Waals surface area contributed by atoms with E-state index in [9.17, 15) is 8.42 Å². The third kappa shape index (κ3) is 2.24. The van der Waals surface area contributed by atoms with Crippen molar-refractivity contribution in [3.63, 3.8) is 0 Å². The molecule has 4 heteroatoms. The van der Waals surface area contributed by atoms with Crippen LogP contribution in [0.25, 0.3) is 0 Å². The van der Waals surface area contributed by atoms with Gasteiger partial charge in [0.2, 0.25) is 0 Å². The van der Waals surface area contributed by atoms with Gasteiger partial charge in [0.25, 0.3) is 0 Å². The maximum atomic E-state index is 11.8. The van der Waals surface area contributed by atoms with E-state index in [1.165, 1.54) is 5.56 Å². The first-order valence-corrected chi connectivity index (χ1v) is 7.78. The van der Waals surface area contributed by atoms with E-state index in [2.05, 4.69) is 19.1 Å². The molecule has 1 aromatic carbocycles. The van der Waals surface area contributed by atoms with Gasteiger partial charge in [0.05, 0.1) is 5.25 Å². The second kappa shape index (κ2) is 4.42. The fourth-order valence-electron chi connectivity index (χ4n) is 2.35. The molecule has 1 fully saturated rings. The highest BCUT2D eigenvalue weighted by atomic mass is 32.2. The zero-order chi connectivity index (χ0) is 12.6. The second-order valence-electron chi connectivity index (χ2n) is 4.61. The molecule has 1 aliphatic rings. The third-order valence-corrected chi connectivity index (χ3v) is 5.84. The largest absolute Gasteiger partial charge is 0.326 e. The quantitative estimate of drug-likeness (QED) is 0.884. The highest BCUT2D eigenvalue weighted by Gasteiger charge is 2.55. The van der Waals surface area contributed by atoms with Crippen LogP contribution in [0.15, 0.2) is 24.3 Å². The molecule has 3 atom stereocenters. The highest BCUT2D eigenvalue weighted by Crippen LogP contribution is 2.45. The van der Waals surface area contributed by atoms with E-state index in [0.29, 0.717) is 0 Å². The second-order valence-corrected chi connectivity index (χ2v) is 7.06. The van der Waals surface area contributed by atoms with Crippen molar-refractivity contribution >= 4 is 9.84 Å². The molecule has 94 valence electrons. The summed E-state index contributed by atoms with van der Waals surface area (Å²) < 4.78 is 23.6. The Morgan fingerprint density at radius 1 is 1.18 bits per heavy atom. The smallest absolute Gasteiger partial charge is 0.155 e. The van der Waals surface area contributed by atoms with E-state index in [1.54, 1.807) is 6.92 Å². The minimum Gasteiger partial charge on any atom is -0.326 e. The molecular formula is C13H19NO2S. The van der Waals surface area contributed by atoms with Crippen molar-refractivity contribution < 1.29 is 8.42 Å². The number of hydrogen-bond acceptors (Lipinski definition) is 3. The molecule has 0 saturated heterocycles. The van der Waals surface area contributed by atoms with Crippen molar-refractivity contribution in [3.8, 4) is 0 Å². The molecule has 0 unspecified atom stereocenters. The highest BCUT2D eigenvalue weighted by molar-refractivity contribution is 7.92. The van der Waals surface area contributed by atoms with Gasteiger partial charge in [-0.3, -0.25) is 0 Å². The van der Waals surface area contributed by atoms with Crippen LogP contribution in [0, 0.1) is 0 Å². The van der Waals surface area contributed by atoms with Gasteiger partial charge in [-0.05, 0) is 17.5 Å². The van der Waals surface area contributed by atoms with Gasteiger partial charge in [0, 0.05) is 17.7 Å². The Balaban J connectivity index is 2.20. The summed E-state index contributed by atoms with van der Waals surface area (Å²) in [7, 11) is -3.01. The molecule has 2 rings (SSSR count). The van der Waals surface area contributed by atoms with Crippen LogP contribution in [0.5, 0.6) is 0 Å². The van der Waals surface area contributed by atoms with Crippen molar-refractivity contribution in [2.24, 2.45) is 5.73 Å². The van der Waals surface area contributed by atoms with Crippen molar-refractivity contribution in [3.05, 3.63) is 35.4 Å². The fourth-order valence-corrected chi connectivity index (χ4v) is 4.08. The lowest BCUT2D eigenvalue weighted by atomic mass is 10.1. The molecule has 3 nitrogen and oxygen atoms in total. The molecule has 1 aliphatic carbocycles. The molecular weight excluding hydrogens is 234 g/mol. The molecule has 17 heavy (non-hydrogen) atoms. The number of sulfone groups is 1. The Hall–Kier alpha value is -0.870. The topological polar surface area (TPSA) is 60.2 Å². The summed E-state index contributed by atoms with van der Waals surface area (Å²) in [6, 6.07) is 7.89. The lowest BCUT2D eigenvalue weighted by molar-refractivity contribution is 0.594. The Morgan fingerprint density at radius 3 is 2.24 bits per heavy atom. The number of aryl methyl sites for hydroxylation is 1. The van der Waals surface area contributed by atoms with Crippen LogP contribution in [0.4, 0.5) is 0 Å². The van der Waals surface area contributed by atoms with Gasteiger partial charge < -0.3 is 5.73 Å². The van der Waals surface area contributed by atoms with E-state index >= 15 is 0 Å². The zero-order valence-corrected chi connectivity index (χ0v) is 11.1. The van der Waals surface area contributed by atoms with Crippen LogP contribution in [0.2, 0.25) is 0 Å². The van der Waals surface area contributed by atoms with Crippen molar-refractivity contribution in [2.75, 3.05) is 5.75 Å². The van der Waals surface area contributed by atoms with Gasteiger partial charge in [-0.15, -0.1) is 0 Å². The summed E-state index contributed by atoms with van der Waals surface area (Å²) in [5.74, 6) is 0.167. The summed E-state index contributed by atoms with van der Waals surface area (Å²) in [6.45, 7) is 3.78. The predicted octanol–water partition coefficient (Wildman–Crippen LogP) is 1.48. The predicted molar refractivity (Wildman–Crippen MR) is 69.8 cm³/mol. The normalized spacial score (nSPS) is 28.1. The van der Waals surface area contributed by atoms with Crippen molar-refractivity contribution in [1.29, 1.82) is 0 Å². The Bertz CT molecular complexity index is 493. The van der Waals surface area contributed by atoms with Gasteiger partial charge in [-0.25, -0.2) is 8.42 Å². The first kappa shape index (κ1) is 12.6. The van der Waals surface area contributed by atoms with Crippen LogP contribution < -0.4 is 5.73 Å². The minimum absolute atomic E-state index is 0.00847. The first-order chi connectivity index (χ1) is 8.01. The molecule has 0 heterocycles. The van der Waals surface area contributed by atoms with Crippen LogP contribution in [-0.4, -0.2) is 25.5 Å². The summed E-state index contributed by atoms with van der Waals surface area (Å²) in [5, 5.41) is -0.375. The van der Waals surface area contributed by atoms with E-state index in [0.717, 1.165) is 12.0 Å². The van der Waals surface area contributed by atoms with E-state index in [4.69, 9.17) is 5.73 Å². The molecule has 0 aromatic heterocycles. The van der Waals surface area contributed by atoms with Gasteiger partial charge >= 0.3 is 0 Å². The van der Waals surface area contributed by atoms with Crippen molar-refractivity contribution in [2.45, 2.75) is 37.5 Å². The molecule has 2 N–H and O–H groups in total. The van der Waals surface area contributed by atoms with Gasteiger partial charge in [0.15, 0.2) is 9.84 Å². The van der Waals surface area contributed by atoms with E-state index < -0.39 is 9.84 Å². The Kier molecular flexibility index (Phi) is 3.27. The van der Waals surface area contributed by atoms with Gasteiger partial charge in [-0.1, -0.05) is 38.1 Å². The maximum absolute atomic E-state index is 11.8. The lowest BCUT2D eigenvalue weighted by Gasteiger charge is -2.02. The summed E-state index contributed by atoms with van der Waals surface area (Å²) in [5.41, 5.74) is 8.21. The SMILES string of the molecule is CCc1ccc([C@H]2[C@H](N)[C@@H]2S(=O)(=O)CC)cc1. The fraction of sp³-hybridized carbons (Fsp3) is 0.538. The molecule has 1 aromatic rings. The van der Waals surface area contributed by atoms with Crippen LogP contribution in [0.1, 0.15) is 30.9 Å². The van der Waals surface area contributed by atoms with Gasteiger partial charge in [0.1, 0.15) is 0 Å². The molecule has 0 amide bonds. The summed E-state index contributed by atoms with van der Waals surface area (Å²) in [6.07, 6.45) is 0.994. The minimum atomic E-state index is -3.01. The zero-order valence-electron chi connectivity index (χ0n) is 10.3. The Morgan fingerprint density at radius 2 is 1.76 bits per heavy atom. The summed E-state index contributed by atoms with van der Waals surface area (Å²) in [4.78, 5) is 0. The molecule has 1 saturated carbocycles. The first-order valence-electron chi connectivity index (χ1n) is 6.07.